The lowest BCUT2D eigenvalue weighted by Crippen LogP contribution is -2.45. The Balaban J connectivity index is 1.76. The molecule has 33 heavy (non-hydrogen) atoms. The molecule has 0 unspecified atom stereocenters. The van der Waals surface area contributed by atoms with E-state index in [2.05, 4.69) is 5.32 Å². The van der Waals surface area contributed by atoms with E-state index in [-0.39, 0.29) is 31.3 Å². The molecule has 3 amide bonds. The van der Waals surface area contributed by atoms with Crippen LogP contribution in [0.1, 0.15) is 15.3 Å². The van der Waals surface area contributed by atoms with Gasteiger partial charge >= 0.3 is 6.03 Å². The summed E-state index contributed by atoms with van der Waals surface area (Å²) in [4.78, 5) is 31.5. The van der Waals surface area contributed by atoms with Crippen molar-refractivity contribution in [2.45, 2.75) is 20.0 Å². The highest BCUT2D eigenvalue weighted by Gasteiger charge is 2.23. The van der Waals surface area contributed by atoms with Crippen LogP contribution in [-0.2, 0) is 22.6 Å². The molecule has 8 heteroatoms. The molecule has 0 aliphatic carbocycles. The van der Waals surface area contributed by atoms with Crippen molar-refractivity contribution in [2.75, 3.05) is 32.1 Å². The lowest BCUT2D eigenvalue weighted by atomic mass is 10.2. The molecule has 174 valence electrons. The fraction of sp³-hybridized carbons (Fsp3) is 0.280. The molecule has 0 bridgehead atoms. The molecule has 0 aliphatic heterocycles. The number of carbonyl (C=O) groups is 2. The summed E-state index contributed by atoms with van der Waals surface area (Å²) in [5.41, 5.74) is 1.06. The fourth-order valence-corrected chi connectivity index (χ4v) is 4.17. The van der Waals surface area contributed by atoms with Crippen molar-refractivity contribution in [3.63, 3.8) is 0 Å². The van der Waals surface area contributed by atoms with E-state index in [1.165, 1.54) is 29.0 Å². The van der Waals surface area contributed by atoms with Gasteiger partial charge in [0.2, 0.25) is 5.91 Å². The van der Waals surface area contributed by atoms with Gasteiger partial charge in [-0.1, -0.05) is 42.5 Å². The number of aryl methyl sites for hydroxylation is 1. The Bertz CT molecular complexity index is 1060. The van der Waals surface area contributed by atoms with Crippen LogP contribution in [0.2, 0.25) is 0 Å². The van der Waals surface area contributed by atoms with Gasteiger partial charge in [0.25, 0.3) is 0 Å². The van der Waals surface area contributed by atoms with E-state index in [4.69, 9.17) is 4.74 Å². The number of nitrogens with one attached hydrogen (secondary N) is 1. The Morgan fingerprint density at radius 2 is 1.70 bits per heavy atom. The molecule has 1 aromatic heterocycles. The van der Waals surface area contributed by atoms with Gasteiger partial charge in [-0.2, -0.15) is 0 Å². The van der Waals surface area contributed by atoms with Crippen LogP contribution in [0.4, 0.5) is 14.9 Å². The summed E-state index contributed by atoms with van der Waals surface area (Å²) in [6.45, 7) is 3.18. The van der Waals surface area contributed by atoms with Gasteiger partial charge in [-0.05, 0) is 36.8 Å². The number of urea groups is 1. The third-order valence-electron chi connectivity index (χ3n) is 5.01. The highest BCUT2D eigenvalue weighted by molar-refractivity contribution is 7.11. The van der Waals surface area contributed by atoms with Crippen molar-refractivity contribution >= 4 is 29.0 Å². The normalized spacial score (nSPS) is 10.6. The van der Waals surface area contributed by atoms with Crippen molar-refractivity contribution in [1.29, 1.82) is 0 Å². The zero-order valence-electron chi connectivity index (χ0n) is 18.8. The Morgan fingerprint density at radius 1 is 0.970 bits per heavy atom. The minimum Gasteiger partial charge on any atom is -0.383 e. The quantitative estimate of drug-likeness (QED) is 0.459. The summed E-state index contributed by atoms with van der Waals surface area (Å²) in [5, 5.41) is 2.55. The van der Waals surface area contributed by atoms with Crippen LogP contribution in [0.5, 0.6) is 0 Å². The van der Waals surface area contributed by atoms with Crippen LogP contribution in [-0.4, -0.2) is 48.5 Å². The molecule has 2 aromatic carbocycles. The van der Waals surface area contributed by atoms with Crippen molar-refractivity contribution in [3.8, 4) is 0 Å². The Labute approximate surface area is 197 Å². The fourth-order valence-electron chi connectivity index (χ4n) is 3.27. The molecule has 1 N–H and O–H groups in total. The topological polar surface area (TPSA) is 61.9 Å². The molecule has 0 atom stereocenters. The number of anilines is 1. The standard InChI is InChI=1S/C25H28FN3O3S/c1-19-12-13-21(33-19)17-29(16-20-8-4-3-5-9-20)24(30)18-28(14-15-32-2)25(31)27-23-11-7-6-10-22(23)26/h3-13H,14-18H2,1-2H3,(H,27,31). The van der Waals surface area contributed by atoms with Crippen LogP contribution < -0.4 is 5.32 Å². The number of hydrogen-bond donors (Lipinski definition) is 1. The lowest BCUT2D eigenvalue weighted by Gasteiger charge is -2.27. The second kappa shape index (κ2) is 12.1. The zero-order chi connectivity index (χ0) is 23.6. The first kappa shape index (κ1) is 24.4. The number of thiophene rings is 1. The van der Waals surface area contributed by atoms with Crippen LogP contribution >= 0.6 is 11.3 Å². The van der Waals surface area contributed by atoms with Crippen molar-refractivity contribution in [2.24, 2.45) is 0 Å². The maximum atomic E-state index is 14.0. The number of nitrogens with zero attached hydrogens (tertiary/aromatic N) is 2. The molecule has 0 saturated carbocycles. The number of para-hydroxylation sites is 1. The number of halogens is 1. The number of hydrogen-bond acceptors (Lipinski definition) is 4. The highest BCUT2D eigenvalue weighted by Crippen LogP contribution is 2.19. The maximum absolute atomic E-state index is 14.0. The van der Waals surface area contributed by atoms with E-state index in [0.29, 0.717) is 13.1 Å². The molecular weight excluding hydrogens is 441 g/mol. The SMILES string of the molecule is COCCN(CC(=O)N(Cc1ccccc1)Cc1ccc(C)s1)C(=O)Nc1ccccc1F. The average Bonchev–Trinajstić information content (AvgIpc) is 3.22. The summed E-state index contributed by atoms with van der Waals surface area (Å²) in [6, 6.07) is 19.1. The molecule has 0 radical (unpaired) electrons. The summed E-state index contributed by atoms with van der Waals surface area (Å²) in [5.74, 6) is -0.743. The number of benzene rings is 2. The molecule has 0 aliphatic rings. The van der Waals surface area contributed by atoms with Gasteiger partial charge in [-0.3, -0.25) is 4.79 Å². The van der Waals surface area contributed by atoms with E-state index in [0.717, 1.165) is 10.4 Å². The smallest absolute Gasteiger partial charge is 0.322 e. The first-order valence-electron chi connectivity index (χ1n) is 10.6. The van der Waals surface area contributed by atoms with Gasteiger partial charge in [0.15, 0.2) is 0 Å². The van der Waals surface area contributed by atoms with Gasteiger partial charge in [-0.25, -0.2) is 9.18 Å². The van der Waals surface area contributed by atoms with Crippen LogP contribution in [0.15, 0.2) is 66.7 Å². The first-order chi connectivity index (χ1) is 16.0. The van der Waals surface area contributed by atoms with Crippen LogP contribution in [0.25, 0.3) is 0 Å². The number of carbonyl (C=O) groups excluding carboxylic acids is 2. The van der Waals surface area contributed by atoms with Crippen LogP contribution in [0, 0.1) is 12.7 Å². The Morgan fingerprint density at radius 3 is 2.36 bits per heavy atom. The summed E-state index contributed by atoms with van der Waals surface area (Å²) in [6.07, 6.45) is 0. The zero-order valence-corrected chi connectivity index (χ0v) is 19.6. The Kier molecular flexibility index (Phi) is 8.97. The molecule has 0 fully saturated rings. The minimum absolute atomic E-state index is 0.0626. The largest absolute Gasteiger partial charge is 0.383 e. The Hall–Kier alpha value is -3.23. The predicted octanol–water partition coefficient (Wildman–Crippen LogP) is 4.90. The van der Waals surface area contributed by atoms with Gasteiger partial charge in [0.1, 0.15) is 12.4 Å². The third kappa shape index (κ3) is 7.40. The van der Waals surface area contributed by atoms with Gasteiger partial charge < -0.3 is 19.9 Å². The second-order valence-electron chi connectivity index (χ2n) is 7.57. The molecule has 3 rings (SSSR count). The van der Waals surface area contributed by atoms with E-state index in [1.807, 2.05) is 49.4 Å². The summed E-state index contributed by atoms with van der Waals surface area (Å²) in [7, 11) is 1.52. The monoisotopic (exact) mass is 469 g/mol. The van der Waals surface area contributed by atoms with Gasteiger partial charge in [0, 0.05) is 30.0 Å². The number of methoxy groups -OCH3 is 1. The van der Waals surface area contributed by atoms with Crippen molar-refractivity contribution in [1.82, 2.24) is 9.80 Å². The number of amides is 3. The molecule has 0 saturated heterocycles. The molecule has 1 heterocycles. The lowest BCUT2D eigenvalue weighted by molar-refractivity contribution is -0.133. The number of rotatable bonds is 10. The van der Waals surface area contributed by atoms with Gasteiger partial charge in [-0.15, -0.1) is 11.3 Å². The molecular formula is C25H28FN3O3S. The van der Waals surface area contributed by atoms with E-state index >= 15 is 0 Å². The predicted molar refractivity (Wildman–Crippen MR) is 129 cm³/mol. The third-order valence-corrected chi connectivity index (χ3v) is 5.99. The maximum Gasteiger partial charge on any atom is 0.322 e. The highest BCUT2D eigenvalue weighted by atomic mass is 32.1. The van der Waals surface area contributed by atoms with E-state index in [1.54, 1.807) is 28.4 Å². The molecule has 0 spiro atoms. The average molecular weight is 470 g/mol. The van der Waals surface area contributed by atoms with Crippen LogP contribution in [0.3, 0.4) is 0 Å². The second-order valence-corrected chi connectivity index (χ2v) is 8.94. The first-order valence-corrected chi connectivity index (χ1v) is 11.4. The molecule has 3 aromatic rings. The van der Waals surface area contributed by atoms with E-state index < -0.39 is 11.8 Å². The van der Waals surface area contributed by atoms with Gasteiger partial charge in [0.05, 0.1) is 18.8 Å². The number of ether oxygens (including phenoxy) is 1. The summed E-state index contributed by atoms with van der Waals surface area (Å²) >= 11 is 1.64. The minimum atomic E-state index is -0.558. The van der Waals surface area contributed by atoms with E-state index in [9.17, 15) is 14.0 Å². The van der Waals surface area contributed by atoms with Crippen molar-refractivity contribution in [3.05, 3.63) is 87.9 Å². The molecule has 6 nitrogen and oxygen atoms in total. The summed E-state index contributed by atoms with van der Waals surface area (Å²) < 4.78 is 19.1. The van der Waals surface area contributed by atoms with Crippen molar-refractivity contribution < 1.29 is 18.7 Å².